The summed E-state index contributed by atoms with van der Waals surface area (Å²) in [6.45, 7) is 8.64. The van der Waals surface area contributed by atoms with E-state index in [1.165, 1.54) is 23.1 Å². The van der Waals surface area contributed by atoms with Crippen LogP contribution in [0.3, 0.4) is 0 Å². The Bertz CT molecular complexity index is 1090. The average Bonchev–Trinajstić information content (AvgIpc) is 3.10. The van der Waals surface area contributed by atoms with E-state index < -0.39 is 22.7 Å². The minimum Gasteiger partial charge on any atom is -0.507 e. The number of non-ortho nitro benzene ring substituents is 1. The number of hydrogen-bond acceptors (Lipinski definition) is 7. The van der Waals surface area contributed by atoms with Gasteiger partial charge in [0.2, 0.25) is 0 Å². The summed E-state index contributed by atoms with van der Waals surface area (Å²) in [7, 11) is 0. The minimum absolute atomic E-state index is 0.0887. The number of amides is 1. The third kappa shape index (κ3) is 5.09. The number of carbonyl (C=O) groups excluding carboxylic acids is 2. The Morgan fingerprint density at radius 3 is 2.38 bits per heavy atom. The molecule has 2 aromatic rings. The summed E-state index contributed by atoms with van der Waals surface area (Å²) in [6.07, 6.45) is 0. The molecule has 0 unspecified atom stereocenters. The molecule has 0 spiro atoms. The maximum absolute atomic E-state index is 13.1. The van der Waals surface area contributed by atoms with Crippen LogP contribution in [0.15, 0.2) is 54.1 Å². The van der Waals surface area contributed by atoms with Gasteiger partial charge in [-0.3, -0.25) is 19.7 Å². The summed E-state index contributed by atoms with van der Waals surface area (Å²) >= 11 is 0. The molecule has 9 heteroatoms. The molecule has 1 saturated heterocycles. The van der Waals surface area contributed by atoms with Gasteiger partial charge >= 0.3 is 0 Å². The molecule has 1 fully saturated rings. The Morgan fingerprint density at radius 1 is 1.12 bits per heavy atom. The van der Waals surface area contributed by atoms with Crippen LogP contribution in [0, 0.1) is 10.1 Å². The summed E-state index contributed by atoms with van der Waals surface area (Å²) in [6, 6.07) is 11.4. The second kappa shape index (κ2) is 10.9. The van der Waals surface area contributed by atoms with Gasteiger partial charge in [-0.2, -0.15) is 0 Å². The quantitative estimate of drug-likeness (QED) is 0.186. The van der Waals surface area contributed by atoms with Crippen LogP contribution in [0.2, 0.25) is 0 Å². The first-order valence-electron chi connectivity index (χ1n) is 11.3. The lowest BCUT2D eigenvalue weighted by Crippen LogP contribution is -2.38. The molecule has 0 aliphatic carbocycles. The third-order valence-electron chi connectivity index (χ3n) is 5.93. The van der Waals surface area contributed by atoms with Crippen molar-refractivity contribution < 1.29 is 24.4 Å². The Hall–Kier alpha value is -3.72. The Kier molecular flexibility index (Phi) is 8.01. The fourth-order valence-electron chi connectivity index (χ4n) is 4.09. The number of aliphatic hydroxyl groups is 1. The van der Waals surface area contributed by atoms with Crippen LogP contribution in [-0.4, -0.2) is 64.3 Å². The highest BCUT2D eigenvalue weighted by Gasteiger charge is 2.46. The van der Waals surface area contributed by atoms with Crippen molar-refractivity contribution in [1.82, 2.24) is 9.80 Å². The lowest BCUT2D eigenvalue weighted by Gasteiger charge is -2.28. The van der Waals surface area contributed by atoms with Crippen LogP contribution in [0.4, 0.5) is 5.69 Å². The molecule has 0 saturated carbocycles. The summed E-state index contributed by atoms with van der Waals surface area (Å²) in [5, 5.41) is 22.5. The number of Topliss-reactive ketones (excluding diaryl/α,β-unsaturated/α-hetero) is 1. The number of rotatable bonds is 10. The number of likely N-dealkylation sites (tertiary alicyclic amines) is 1. The molecule has 180 valence electrons. The lowest BCUT2D eigenvalue weighted by molar-refractivity contribution is -0.384. The van der Waals surface area contributed by atoms with Crippen molar-refractivity contribution in [3.63, 3.8) is 0 Å². The number of nitro benzene ring substituents is 1. The van der Waals surface area contributed by atoms with Crippen LogP contribution in [-0.2, 0) is 9.59 Å². The van der Waals surface area contributed by atoms with Gasteiger partial charge in [0.25, 0.3) is 17.4 Å². The molecule has 34 heavy (non-hydrogen) atoms. The van der Waals surface area contributed by atoms with Gasteiger partial charge in [0, 0.05) is 30.8 Å². The summed E-state index contributed by atoms with van der Waals surface area (Å²) in [5.74, 6) is -1.28. The Balaban J connectivity index is 2.11. The lowest BCUT2D eigenvalue weighted by atomic mass is 9.95. The number of carbonyl (C=O) groups is 2. The number of hydrogen-bond donors (Lipinski definition) is 1. The Labute approximate surface area is 198 Å². The highest BCUT2D eigenvalue weighted by atomic mass is 16.6. The van der Waals surface area contributed by atoms with Gasteiger partial charge in [0.05, 0.1) is 23.1 Å². The number of nitrogens with zero attached hydrogens (tertiary/aromatic N) is 3. The van der Waals surface area contributed by atoms with Gasteiger partial charge in [0.1, 0.15) is 11.5 Å². The SMILES string of the molecule is CCOc1ccc(C(O)=C2C(=O)C(=O)N(CCN(CC)CC)[C@@H]2c2cccc([N+](=O)[O-])c2)cc1. The van der Waals surface area contributed by atoms with Gasteiger partial charge in [-0.15, -0.1) is 0 Å². The van der Waals surface area contributed by atoms with Crippen LogP contribution >= 0.6 is 0 Å². The maximum Gasteiger partial charge on any atom is 0.295 e. The fraction of sp³-hybridized carbons (Fsp3) is 0.360. The monoisotopic (exact) mass is 467 g/mol. The predicted molar refractivity (Wildman–Crippen MR) is 128 cm³/mol. The van der Waals surface area contributed by atoms with E-state index >= 15 is 0 Å². The van der Waals surface area contributed by atoms with E-state index in [-0.39, 0.29) is 23.6 Å². The first-order chi connectivity index (χ1) is 16.3. The molecule has 1 N–H and O–H groups in total. The zero-order valence-electron chi connectivity index (χ0n) is 19.6. The van der Waals surface area contributed by atoms with E-state index in [0.717, 1.165) is 13.1 Å². The fourth-order valence-corrected chi connectivity index (χ4v) is 4.09. The normalized spacial score (nSPS) is 17.4. The van der Waals surface area contributed by atoms with E-state index in [0.29, 0.717) is 30.0 Å². The number of ether oxygens (including phenoxy) is 1. The van der Waals surface area contributed by atoms with Crippen molar-refractivity contribution in [2.75, 3.05) is 32.8 Å². The van der Waals surface area contributed by atoms with Crippen molar-refractivity contribution in [2.24, 2.45) is 0 Å². The molecule has 0 bridgehead atoms. The molecule has 1 aliphatic rings. The van der Waals surface area contributed by atoms with Crippen LogP contribution in [0.1, 0.15) is 37.9 Å². The summed E-state index contributed by atoms with van der Waals surface area (Å²) in [4.78, 5) is 40.5. The smallest absolute Gasteiger partial charge is 0.295 e. The van der Waals surface area contributed by atoms with E-state index in [9.17, 15) is 24.8 Å². The molecular weight excluding hydrogens is 438 g/mol. The van der Waals surface area contributed by atoms with Gasteiger partial charge in [-0.25, -0.2) is 0 Å². The van der Waals surface area contributed by atoms with E-state index in [1.807, 2.05) is 20.8 Å². The van der Waals surface area contributed by atoms with Crippen molar-refractivity contribution in [3.05, 3.63) is 75.3 Å². The van der Waals surface area contributed by atoms with Gasteiger partial charge < -0.3 is 19.6 Å². The molecule has 9 nitrogen and oxygen atoms in total. The molecule has 0 aromatic heterocycles. The number of likely N-dealkylation sites (N-methyl/N-ethyl adjacent to an activating group) is 1. The summed E-state index contributed by atoms with van der Waals surface area (Å²) in [5.41, 5.74) is 0.489. The zero-order chi connectivity index (χ0) is 24.8. The molecule has 1 amide bonds. The maximum atomic E-state index is 13.1. The van der Waals surface area contributed by atoms with Crippen LogP contribution in [0.5, 0.6) is 5.75 Å². The van der Waals surface area contributed by atoms with Crippen LogP contribution in [0.25, 0.3) is 5.76 Å². The van der Waals surface area contributed by atoms with Crippen molar-refractivity contribution in [2.45, 2.75) is 26.8 Å². The van der Waals surface area contributed by atoms with E-state index in [2.05, 4.69) is 4.90 Å². The number of aliphatic hydroxyl groups excluding tert-OH is 1. The Morgan fingerprint density at radius 2 is 1.79 bits per heavy atom. The van der Waals surface area contributed by atoms with E-state index in [1.54, 1.807) is 30.3 Å². The van der Waals surface area contributed by atoms with Gasteiger partial charge in [-0.1, -0.05) is 26.0 Å². The zero-order valence-corrected chi connectivity index (χ0v) is 19.6. The predicted octanol–water partition coefficient (Wildman–Crippen LogP) is 3.76. The third-order valence-corrected chi connectivity index (χ3v) is 5.93. The molecule has 3 rings (SSSR count). The minimum atomic E-state index is -0.943. The molecule has 0 radical (unpaired) electrons. The first kappa shape index (κ1) is 24.9. The topological polar surface area (TPSA) is 113 Å². The second-order valence-corrected chi connectivity index (χ2v) is 7.83. The van der Waals surface area contributed by atoms with Crippen LogP contribution < -0.4 is 4.74 Å². The highest BCUT2D eigenvalue weighted by molar-refractivity contribution is 6.46. The molecule has 1 heterocycles. The molecule has 1 atom stereocenters. The highest BCUT2D eigenvalue weighted by Crippen LogP contribution is 2.40. The molecule has 2 aromatic carbocycles. The number of ketones is 1. The van der Waals surface area contributed by atoms with Crippen molar-refractivity contribution in [3.8, 4) is 5.75 Å². The van der Waals surface area contributed by atoms with E-state index in [4.69, 9.17) is 4.74 Å². The average molecular weight is 468 g/mol. The standard InChI is InChI=1S/C25H29N3O6/c1-4-26(5-2)14-15-27-22(18-8-7-9-19(16-18)28(32)33)21(24(30)25(27)31)23(29)17-10-12-20(13-11-17)34-6-3/h7-13,16,22,29H,4-6,14-15H2,1-3H3/t22-/m1/s1. The van der Waals surface area contributed by atoms with Gasteiger partial charge in [0.15, 0.2) is 0 Å². The first-order valence-corrected chi connectivity index (χ1v) is 11.3. The van der Waals surface area contributed by atoms with Crippen molar-refractivity contribution in [1.29, 1.82) is 0 Å². The van der Waals surface area contributed by atoms with Crippen molar-refractivity contribution >= 4 is 23.1 Å². The molecule has 1 aliphatic heterocycles. The van der Waals surface area contributed by atoms with Gasteiger partial charge in [-0.05, 0) is 49.8 Å². The summed E-state index contributed by atoms with van der Waals surface area (Å²) < 4.78 is 5.43. The second-order valence-electron chi connectivity index (χ2n) is 7.83. The number of nitro groups is 1. The number of benzene rings is 2. The molecular formula is C25H29N3O6. The largest absolute Gasteiger partial charge is 0.507 e.